The molecule has 0 aliphatic heterocycles. The Balaban J connectivity index is 1.76. The minimum Gasteiger partial charge on any atom is -0.489 e. The highest BCUT2D eigenvalue weighted by molar-refractivity contribution is 7.89. The van der Waals surface area contributed by atoms with Crippen molar-refractivity contribution in [2.24, 2.45) is 5.14 Å². The summed E-state index contributed by atoms with van der Waals surface area (Å²) in [5.74, 6) is 0.294. The van der Waals surface area contributed by atoms with Crippen LogP contribution in [0.1, 0.15) is 20.8 Å². The van der Waals surface area contributed by atoms with E-state index in [1.54, 1.807) is 24.3 Å². The van der Waals surface area contributed by atoms with Crippen LogP contribution in [-0.4, -0.2) is 14.2 Å². The number of benzene rings is 2. The van der Waals surface area contributed by atoms with Gasteiger partial charge in [-0.3, -0.25) is 4.79 Å². The van der Waals surface area contributed by atoms with Gasteiger partial charge >= 0.3 is 0 Å². The minimum atomic E-state index is -3.81. The summed E-state index contributed by atoms with van der Waals surface area (Å²) in [6, 6.07) is 17.8. The maximum atomic E-state index is 12.5. The average Bonchev–Trinajstić information content (AvgIpc) is 3.11. The highest BCUT2D eigenvalue weighted by Gasteiger charge is 2.17. The topological polar surface area (TPSA) is 86.5 Å². The van der Waals surface area contributed by atoms with Gasteiger partial charge in [0.25, 0.3) is 0 Å². The first kappa shape index (κ1) is 17.3. The smallest absolute Gasteiger partial charge is 0.238 e. The Morgan fingerprint density at radius 2 is 1.80 bits per heavy atom. The van der Waals surface area contributed by atoms with Gasteiger partial charge in [0.2, 0.25) is 15.8 Å². The SMILES string of the molecule is NS(=O)(=O)c1csc(C(=O)c2cccc(OCc3ccccc3)c2)c1. The molecule has 0 saturated heterocycles. The second kappa shape index (κ2) is 7.18. The molecular weight excluding hydrogens is 358 g/mol. The molecule has 1 heterocycles. The fourth-order valence-electron chi connectivity index (χ4n) is 2.20. The lowest BCUT2D eigenvalue weighted by atomic mass is 10.1. The summed E-state index contributed by atoms with van der Waals surface area (Å²) >= 11 is 1.05. The molecule has 3 aromatic rings. The zero-order valence-corrected chi connectivity index (χ0v) is 14.7. The van der Waals surface area contributed by atoms with E-state index in [1.165, 1.54) is 11.4 Å². The van der Waals surface area contributed by atoms with Gasteiger partial charge in [-0.15, -0.1) is 11.3 Å². The predicted molar refractivity (Wildman–Crippen MR) is 96.3 cm³/mol. The Morgan fingerprint density at radius 1 is 1.04 bits per heavy atom. The van der Waals surface area contributed by atoms with Crippen LogP contribution in [0.5, 0.6) is 5.75 Å². The number of primary sulfonamides is 1. The van der Waals surface area contributed by atoms with Crippen molar-refractivity contribution in [3.8, 4) is 5.75 Å². The molecule has 0 saturated carbocycles. The van der Waals surface area contributed by atoms with E-state index >= 15 is 0 Å². The first-order valence-electron chi connectivity index (χ1n) is 7.36. The summed E-state index contributed by atoms with van der Waals surface area (Å²) in [6.45, 7) is 0.396. The van der Waals surface area contributed by atoms with Crippen molar-refractivity contribution in [1.29, 1.82) is 0 Å². The van der Waals surface area contributed by atoms with Crippen LogP contribution in [0.3, 0.4) is 0 Å². The Morgan fingerprint density at radius 3 is 2.48 bits per heavy atom. The number of hydrogen-bond donors (Lipinski definition) is 1. The molecule has 1 aromatic heterocycles. The van der Waals surface area contributed by atoms with E-state index in [9.17, 15) is 13.2 Å². The zero-order chi connectivity index (χ0) is 17.9. The molecule has 2 N–H and O–H groups in total. The molecule has 5 nitrogen and oxygen atoms in total. The normalized spacial score (nSPS) is 11.2. The van der Waals surface area contributed by atoms with Crippen molar-refractivity contribution in [3.05, 3.63) is 82.0 Å². The maximum Gasteiger partial charge on any atom is 0.238 e. The highest BCUT2D eigenvalue weighted by atomic mass is 32.2. The third-order valence-electron chi connectivity index (χ3n) is 3.47. The zero-order valence-electron chi connectivity index (χ0n) is 13.1. The highest BCUT2D eigenvalue weighted by Crippen LogP contribution is 2.23. The first-order valence-corrected chi connectivity index (χ1v) is 9.79. The summed E-state index contributed by atoms with van der Waals surface area (Å²) in [6.07, 6.45) is 0. The molecule has 0 atom stereocenters. The molecule has 0 fully saturated rings. The number of hydrogen-bond acceptors (Lipinski definition) is 5. The van der Waals surface area contributed by atoms with E-state index in [0.717, 1.165) is 16.9 Å². The number of ketones is 1. The molecular formula is C18H15NO4S2. The first-order chi connectivity index (χ1) is 11.9. The van der Waals surface area contributed by atoms with Crippen LogP contribution < -0.4 is 9.88 Å². The largest absolute Gasteiger partial charge is 0.489 e. The van der Waals surface area contributed by atoms with Crippen molar-refractivity contribution >= 4 is 27.1 Å². The van der Waals surface area contributed by atoms with E-state index in [1.807, 2.05) is 30.3 Å². The lowest BCUT2D eigenvalue weighted by Crippen LogP contribution is -2.11. The third-order valence-corrected chi connectivity index (χ3v) is 5.44. The van der Waals surface area contributed by atoms with Crippen molar-refractivity contribution < 1.29 is 17.9 Å². The van der Waals surface area contributed by atoms with Crippen LogP contribution in [0.15, 0.2) is 70.9 Å². The maximum absolute atomic E-state index is 12.5. The second-order valence-electron chi connectivity index (χ2n) is 5.32. The fraction of sp³-hybridized carbons (Fsp3) is 0.0556. The van der Waals surface area contributed by atoms with Crippen molar-refractivity contribution in [1.82, 2.24) is 0 Å². The van der Waals surface area contributed by atoms with Crippen LogP contribution >= 0.6 is 11.3 Å². The monoisotopic (exact) mass is 373 g/mol. The van der Waals surface area contributed by atoms with E-state index in [4.69, 9.17) is 9.88 Å². The molecule has 2 aromatic carbocycles. The van der Waals surface area contributed by atoms with E-state index < -0.39 is 10.0 Å². The Kier molecular flexibility index (Phi) is 4.98. The molecule has 0 radical (unpaired) electrons. The molecule has 3 rings (SSSR count). The van der Waals surface area contributed by atoms with Gasteiger partial charge in [-0.2, -0.15) is 0 Å². The Bertz CT molecular complexity index is 995. The number of ether oxygens (including phenoxy) is 1. The molecule has 0 aliphatic rings. The second-order valence-corrected chi connectivity index (χ2v) is 7.80. The summed E-state index contributed by atoms with van der Waals surface area (Å²) in [4.78, 5) is 12.8. The van der Waals surface area contributed by atoms with E-state index in [-0.39, 0.29) is 10.7 Å². The van der Waals surface area contributed by atoms with Crippen molar-refractivity contribution in [3.63, 3.8) is 0 Å². The number of carbonyl (C=O) groups excluding carboxylic acids is 1. The average molecular weight is 373 g/mol. The van der Waals surface area contributed by atoms with Crippen LogP contribution in [0.4, 0.5) is 0 Å². The molecule has 0 amide bonds. The number of carbonyl (C=O) groups is 1. The molecule has 7 heteroatoms. The van der Waals surface area contributed by atoms with Gasteiger partial charge in [-0.25, -0.2) is 13.6 Å². The van der Waals surface area contributed by atoms with E-state index in [0.29, 0.717) is 22.8 Å². The van der Waals surface area contributed by atoms with Gasteiger partial charge in [0.05, 0.1) is 9.77 Å². The van der Waals surface area contributed by atoms with Gasteiger partial charge in [0, 0.05) is 10.9 Å². The summed E-state index contributed by atoms with van der Waals surface area (Å²) in [7, 11) is -3.81. The van der Waals surface area contributed by atoms with E-state index in [2.05, 4.69) is 0 Å². The molecule has 0 aliphatic carbocycles. The van der Waals surface area contributed by atoms with Gasteiger partial charge in [0.1, 0.15) is 12.4 Å². The number of thiophene rings is 1. The fourth-order valence-corrected chi connectivity index (χ4v) is 3.97. The van der Waals surface area contributed by atoms with Gasteiger partial charge in [0.15, 0.2) is 0 Å². The number of nitrogens with two attached hydrogens (primary N) is 1. The molecule has 0 unspecified atom stereocenters. The van der Waals surface area contributed by atoms with Gasteiger partial charge in [-0.05, 0) is 23.8 Å². The summed E-state index contributed by atoms with van der Waals surface area (Å²) < 4.78 is 28.4. The quantitative estimate of drug-likeness (QED) is 0.672. The number of sulfonamides is 1. The predicted octanol–water partition coefficient (Wildman–Crippen LogP) is 3.21. The van der Waals surface area contributed by atoms with Crippen LogP contribution in [0, 0.1) is 0 Å². The Labute approximate surface area is 149 Å². The van der Waals surface area contributed by atoms with Crippen LogP contribution in [0.2, 0.25) is 0 Å². The van der Waals surface area contributed by atoms with Crippen molar-refractivity contribution in [2.45, 2.75) is 11.5 Å². The third kappa shape index (κ3) is 4.33. The van der Waals surface area contributed by atoms with Crippen LogP contribution in [-0.2, 0) is 16.6 Å². The summed E-state index contributed by atoms with van der Waals surface area (Å²) in [5, 5.41) is 6.43. The summed E-state index contributed by atoms with van der Waals surface area (Å²) in [5.41, 5.74) is 1.45. The molecule has 0 bridgehead atoms. The standard InChI is InChI=1S/C18H15NO4S2/c19-25(21,22)16-10-17(24-12-16)18(20)14-7-4-8-15(9-14)23-11-13-5-2-1-3-6-13/h1-10,12H,11H2,(H2,19,21,22). The molecule has 0 spiro atoms. The number of rotatable bonds is 6. The Hall–Kier alpha value is -2.48. The lowest BCUT2D eigenvalue weighted by Gasteiger charge is -2.07. The van der Waals surface area contributed by atoms with Crippen molar-refractivity contribution in [2.75, 3.05) is 0 Å². The van der Waals surface area contributed by atoms with Crippen LogP contribution in [0.25, 0.3) is 0 Å². The molecule has 128 valence electrons. The minimum absolute atomic E-state index is 0.0580. The van der Waals surface area contributed by atoms with Gasteiger partial charge < -0.3 is 4.74 Å². The molecule has 25 heavy (non-hydrogen) atoms. The lowest BCUT2D eigenvalue weighted by molar-refractivity contribution is 0.104. The van der Waals surface area contributed by atoms with Gasteiger partial charge in [-0.1, -0.05) is 42.5 Å².